The number of hydrogen-bond acceptors (Lipinski definition) is 4. The van der Waals surface area contributed by atoms with E-state index in [2.05, 4.69) is 14.9 Å². The van der Waals surface area contributed by atoms with Crippen molar-refractivity contribution in [2.45, 2.75) is 19.4 Å². The molecule has 0 saturated carbocycles. The van der Waals surface area contributed by atoms with Crippen LogP contribution in [0.15, 0.2) is 36.5 Å². The smallest absolute Gasteiger partial charge is 0.321 e. The van der Waals surface area contributed by atoms with Crippen molar-refractivity contribution in [1.82, 2.24) is 19.4 Å². The maximum atomic E-state index is 13.3. The second-order valence-corrected chi connectivity index (χ2v) is 7.79. The number of aromatic nitrogens is 3. The van der Waals surface area contributed by atoms with E-state index in [1.807, 2.05) is 12.1 Å². The first kappa shape index (κ1) is 20.6. The van der Waals surface area contributed by atoms with Crippen LogP contribution < -0.4 is 5.32 Å². The summed E-state index contributed by atoms with van der Waals surface area (Å²) in [6.07, 6.45) is 3.41. The molecule has 0 bridgehead atoms. The van der Waals surface area contributed by atoms with Gasteiger partial charge in [0.15, 0.2) is 5.65 Å². The number of fused-ring (bicyclic) bond motifs is 1. The number of nitrogens with zero attached hydrogens (tertiary/aromatic N) is 4. The number of amides is 2. The Balaban J connectivity index is 1.42. The second kappa shape index (κ2) is 8.97. The van der Waals surface area contributed by atoms with Gasteiger partial charge in [0.1, 0.15) is 17.2 Å². The molecule has 158 valence electrons. The van der Waals surface area contributed by atoms with Gasteiger partial charge in [-0.05, 0) is 42.7 Å². The molecule has 1 aliphatic rings. The second-order valence-electron chi connectivity index (χ2n) is 7.38. The van der Waals surface area contributed by atoms with Crippen molar-refractivity contribution in [3.8, 4) is 0 Å². The van der Waals surface area contributed by atoms with Crippen molar-refractivity contribution in [2.24, 2.45) is 5.92 Å². The van der Waals surface area contributed by atoms with Crippen molar-refractivity contribution in [3.05, 3.63) is 53.2 Å². The Morgan fingerprint density at radius 2 is 2.27 bits per heavy atom. The number of carbonyl (C=O) groups is 1. The standard InChI is InChI=1S/C21H23ClFN5O2/c1-30-10-9-28-19(26-18-3-2-7-24-20(18)28)11-14-6-8-27(13-14)21(29)25-15-4-5-17(23)16(22)12-15/h2-5,7,12,14H,6,8-11,13H2,1H3,(H,25,29)/t14-/m0/s1. The lowest BCUT2D eigenvalue weighted by molar-refractivity contribution is 0.187. The lowest BCUT2D eigenvalue weighted by atomic mass is 10.0. The van der Waals surface area contributed by atoms with Crippen LogP contribution in [0.5, 0.6) is 0 Å². The number of anilines is 1. The van der Waals surface area contributed by atoms with Gasteiger partial charge in [0.2, 0.25) is 0 Å². The van der Waals surface area contributed by atoms with E-state index in [0.29, 0.717) is 37.8 Å². The number of rotatable bonds is 6. The molecule has 1 fully saturated rings. The summed E-state index contributed by atoms with van der Waals surface area (Å²) < 4.78 is 20.6. The normalized spacial score (nSPS) is 16.4. The minimum Gasteiger partial charge on any atom is -0.383 e. The third-order valence-electron chi connectivity index (χ3n) is 5.32. The van der Waals surface area contributed by atoms with E-state index in [-0.39, 0.29) is 11.1 Å². The molecule has 9 heteroatoms. The molecule has 30 heavy (non-hydrogen) atoms. The van der Waals surface area contributed by atoms with E-state index in [4.69, 9.17) is 21.3 Å². The fourth-order valence-electron chi connectivity index (χ4n) is 3.80. The quantitative estimate of drug-likeness (QED) is 0.641. The Morgan fingerprint density at radius 1 is 1.40 bits per heavy atom. The average molecular weight is 432 g/mol. The summed E-state index contributed by atoms with van der Waals surface area (Å²) in [5.74, 6) is 0.741. The minimum absolute atomic E-state index is 0.0179. The molecule has 0 unspecified atom stereocenters. The van der Waals surface area contributed by atoms with Gasteiger partial charge in [0, 0.05) is 45.0 Å². The van der Waals surface area contributed by atoms with Crippen molar-refractivity contribution in [2.75, 3.05) is 32.1 Å². The molecule has 1 aromatic carbocycles. The van der Waals surface area contributed by atoms with Gasteiger partial charge in [0.05, 0.1) is 11.6 Å². The summed E-state index contributed by atoms with van der Waals surface area (Å²) in [5, 5.41) is 2.77. The molecule has 0 spiro atoms. The highest BCUT2D eigenvalue weighted by atomic mass is 35.5. The van der Waals surface area contributed by atoms with Crippen molar-refractivity contribution >= 4 is 34.5 Å². The highest BCUT2D eigenvalue weighted by Crippen LogP contribution is 2.24. The summed E-state index contributed by atoms with van der Waals surface area (Å²) in [6.45, 7) is 2.54. The summed E-state index contributed by atoms with van der Waals surface area (Å²) in [5.41, 5.74) is 2.19. The molecule has 3 aromatic rings. The molecule has 1 atom stereocenters. The van der Waals surface area contributed by atoms with Gasteiger partial charge in [0.25, 0.3) is 0 Å². The zero-order valence-electron chi connectivity index (χ0n) is 16.6. The molecule has 1 aliphatic heterocycles. The number of benzene rings is 1. The Bertz CT molecular complexity index is 1060. The first-order chi connectivity index (χ1) is 14.5. The molecule has 7 nitrogen and oxygen atoms in total. The van der Waals surface area contributed by atoms with Crippen LogP contribution in [0.3, 0.4) is 0 Å². The first-order valence-electron chi connectivity index (χ1n) is 9.85. The van der Waals surface area contributed by atoms with Crippen LogP contribution in [-0.2, 0) is 17.7 Å². The van der Waals surface area contributed by atoms with Gasteiger partial charge in [-0.1, -0.05) is 11.6 Å². The summed E-state index contributed by atoms with van der Waals surface area (Å²) >= 11 is 5.79. The largest absolute Gasteiger partial charge is 0.383 e. The van der Waals surface area contributed by atoms with E-state index in [1.165, 1.54) is 18.2 Å². The number of hydrogen-bond donors (Lipinski definition) is 1. The van der Waals surface area contributed by atoms with Crippen molar-refractivity contribution < 1.29 is 13.9 Å². The maximum Gasteiger partial charge on any atom is 0.321 e. The number of urea groups is 1. The van der Waals surface area contributed by atoms with Crippen LogP contribution in [0.25, 0.3) is 11.2 Å². The number of likely N-dealkylation sites (tertiary alicyclic amines) is 1. The van der Waals surface area contributed by atoms with E-state index in [1.54, 1.807) is 18.2 Å². The summed E-state index contributed by atoms with van der Waals surface area (Å²) in [7, 11) is 1.67. The monoisotopic (exact) mass is 431 g/mol. The van der Waals surface area contributed by atoms with Gasteiger partial charge >= 0.3 is 6.03 Å². The summed E-state index contributed by atoms with van der Waals surface area (Å²) in [4.78, 5) is 23.6. The summed E-state index contributed by atoms with van der Waals surface area (Å²) in [6, 6.07) is 7.77. The van der Waals surface area contributed by atoms with Crippen LogP contribution in [0.4, 0.5) is 14.9 Å². The third-order valence-corrected chi connectivity index (χ3v) is 5.61. The Morgan fingerprint density at radius 3 is 3.07 bits per heavy atom. The highest BCUT2D eigenvalue weighted by Gasteiger charge is 2.28. The number of nitrogens with one attached hydrogen (secondary N) is 1. The van der Waals surface area contributed by atoms with Gasteiger partial charge in [-0.15, -0.1) is 0 Å². The van der Waals surface area contributed by atoms with Gasteiger partial charge in [-0.2, -0.15) is 0 Å². The highest BCUT2D eigenvalue weighted by molar-refractivity contribution is 6.31. The molecule has 0 radical (unpaired) electrons. The predicted octanol–water partition coefficient (Wildman–Crippen LogP) is 3.97. The zero-order chi connectivity index (χ0) is 21.1. The lowest BCUT2D eigenvalue weighted by Gasteiger charge is -2.18. The molecule has 3 heterocycles. The minimum atomic E-state index is -0.512. The van der Waals surface area contributed by atoms with Gasteiger partial charge in [-0.25, -0.2) is 19.2 Å². The van der Waals surface area contributed by atoms with Gasteiger partial charge < -0.3 is 19.5 Å². The van der Waals surface area contributed by atoms with Gasteiger partial charge in [-0.3, -0.25) is 0 Å². The molecule has 0 aliphatic carbocycles. The Labute approximate surface area is 178 Å². The zero-order valence-corrected chi connectivity index (χ0v) is 17.4. The predicted molar refractivity (Wildman–Crippen MR) is 113 cm³/mol. The van der Waals surface area contributed by atoms with E-state index in [0.717, 1.165) is 29.8 Å². The average Bonchev–Trinajstić information content (AvgIpc) is 3.34. The van der Waals surface area contributed by atoms with Crippen LogP contribution in [0.2, 0.25) is 5.02 Å². The molecule has 1 N–H and O–H groups in total. The first-order valence-corrected chi connectivity index (χ1v) is 10.2. The topological polar surface area (TPSA) is 72.3 Å². The van der Waals surface area contributed by atoms with Crippen molar-refractivity contribution in [3.63, 3.8) is 0 Å². The fourth-order valence-corrected chi connectivity index (χ4v) is 3.98. The fraction of sp³-hybridized carbons (Fsp3) is 0.381. The Kier molecular flexibility index (Phi) is 6.15. The molecule has 2 aromatic heterocycles. The van der Waals surface area contributed by atoms with Crippen LogP contribution in [-0.4, -0.2) is 52.3 Å². The molecule has 1 saturated heterocycles. The number of methoxy groups -OCH3 is 1. The lowest BCUT2D eigenvalue weighted by Crippen LogP contribution is -2.33. The Hall–Kier alpha value is -2.71. The van der Waals surface area contributed by atoms with E-state index >= 15 is 0 Å². The van der Waals surface area contributed by atoms with Crippen LogP contribution in [0.1, 0.15) is 12.2 Å². The number of ether oxygens (including phenoxy) is 1. The van der Waals surface area contributed by atoms with Crippen LogP contribution >= 0.6 is 11.6 Å². The molecule has 2 amide bonds. The number of imidazole rings is 1. The van der Waals surface area contributed by atoms with Crippen molar-refractivity contribution in [1.29, 1.82) is 0 Å². The molecule has 4 rings (SSSR count). The maximum absolute atomic E-state index is 13.3. The number of carbonyl (C=O) groups excluding carboxylic acids is 1. The molecular formula is C21H23ClFN5O2. The van der Waals surface area contributed by atoms with Crippen LogP contribution in [0, 0.1) is 11.7 Å². The van der Waals surface area contributed by atoms with E-state index in [9.17, 15) is 9.18 Å². The number of halogens is 2. The third kappa shape index (κ3) is 4.39. The van der Waals surface area contributed by atoms with E-state index < -0.39 is 5.82 Å². The molecular weight excluding hydrogens is 409 g/mol. The SMILES string of the molecule is COCCn1c(C[C@@H]2CCN(C(=O)Nc3ccc(F)c(Cl)c3)C2)nc2cccnc21. The number of pyridine rings is 1.